The van der Waals surface area contributed by atoms with Gasteiger partial charge in [-0.3, -0.25) is 4.79 Å². The van der Waals surface area contributed by atoms with Gasteiger partial charge in [0.2, 0.25) is 5.91 Å². The van der Waals surface area contributed by atoms with E-state index in [1.807, 2.05) is 53.7 Å². The average molecular weight is 393 g/mol. The standard InChI is InChI=1S/C21H31NO6/c1-20(2,3)14-11-13(12-15(17(14)24)21(4,5)6)7-8-16(23)22-9-10-28-19(27)18(25)26/h11-12,24H,7-10H2,1-6H3,(H,22,23)(H,25,26). The highest BCUT2D eigenvalue weighted by Crippen LogP contribution is 2.39. The van der Waals surface area contributed by atoms with Crippen molar-refractivity contribution in [3.05, 3.63) is 28.8 Å². The molecule has 0 aliphatic carbocycles. The van der Waals surface area contributed by atoms with Crippen LogP contribution in [0.3, 0.4) is 0 Å². The number of carboxylic acid groups (broad SMARTS) is 1. The van der Waals surface area contributed by atoms with Gasteiger partial charge >= 0.3 is 11.9 Å². The predicted molar refractivity (Wildman–Crippen MR) is 105 cm³/mol. The van der Waals surface area contributed by atoms with E-state index in [0.29, 0.717) is 12.2 Å². The fraction of sp³-hybridized carbons (Fsp3) is 0.571. The number of ether oxygens (including phenoxy) is 1. The summed E-state index contributed by atoms with van der Waals surface area (Å²) in [6, 6.07) is 3.87. The van der Waals surface area contributed by atoms with Crippen molar-refractivity contribution in [1.82, 2.24) is 5.32 Å². The molecule has 7 nitrogen and oxygen atoms in total. The Bertz CT molecular complexity index is 705. The maximum absolute atomic E-state index is 12.0. The van der Waals surface area contributed by atoms with E-state index < -0.39 is 11.9 Å². The molecule has 1 amide bonds. The lowest BCUT2D eigenvalue weighted by Gasteiger charge is -2.28. The fourth-order valence-electron chi connectivity index (χ4n) is 2.72. The van der Waals surface area contributed by atoms with Crippen molar-refractivity contribution in [3.63, 3.8) is 0 Å². The van der Waals surface area contributed by atoms with Crippen LogP contribution in [0.1, 0.15) is 64.7 Å². The summed E-state index contributed by atoms with van der Waals surface area (Å²) in [6.07, 6.45) is 0.720. The molecule has 0 saturated carbocycles. The zero-order chi connectivity index (χ0) is 21.7. The molecule has 7 heteroatoms. The Labute approximate surface area is 166 Å². The highest BCUT2D eigenvalue weighted by Gasteiger charge is 2.26. The molecule has 0 saturated heterocycles. The van der Waals surface area contributed by atoms with Crippen molar-refractivity contribution in [2.24, 2.45) is 0 Å². The molecule has 28 heavy (non-hydrogen) atoms. The number of carbonyl (C=O) groups excluding carboxylic acids is 2. The molecule has 0 heterocycles. The minimum absolute atomic E-state index is 0.0495. The highest BCUT2D eigenvalue weighted by molar-refractivity contribution is 6.28. The van der Waals surface area contributed by atoms with Gasteiger partial charge < -0.3 is 20.3 Å². The van der Waals surface area contributed by atoms with Crippen molar-refractivity contribution in [3.8, 4) is 5.75 Å². The van der Waals surface area contributed by atoms with Crippen molar-refractivity contribution in [2.75, 3.05) is 13.2 Å². The summed E-state index contributed by atoms with van der Waals surface area (Å²) in [6.45, 7) is 12.0. The van der Waals surface area contributed by atoms with Crippen LogP contribution in [0.2, 0.25) is 0 Å². The normalized spacial score (nSPS) is 11.8. The first-order valence-electron chi connectivity index (χ1n) is 9.27. The van der Waals surface area contributed by atoms with Crippen molar-refractivity contribution in [2.45, 2.75) is 65.2 Å². The lowest BCUT2D eigenvalue weighted by atomic mass is 9.78. The van der Waals surface area contributed by atoms with E-state index in [1.165, 1.54) is 0 Å². The van der Waals surface area contributed by atoms with Crippen LogP contribution in [0.25, 0.3) is 0 Å². The topological polar surface area (TPSA) is 113 Å². The molecule has 0 aromatic heterocycles. The third-order valence-electron chi connectivity index (χ3n) is 4.26. The van der Waals surface area contributed by atoms with Gasteiger partial charge in [0.15, 0.2) is 0 Å². The van der Waals surface area contributed by atoms with E-state index in [2.05, 4.69) is 10.1 Å². The number of carboxylic acids is 1. The van der Waals surface area contributed by atoms with Crippen LogP contribution in [0.5, 0.6) is 5.75 Å². The smallest absolute Gasteiger partial charge is 0.417 e. The van der Waals surface area contributed by atoms with Crippen molar-refractivity contribution >= 4 is 17.8 Å². The predicted octanol–water partition coefficient (Wildman–Crippen LogP) is 2.66. The van der Waals surface area contributed by atoms with Gasteiger partial charge in [0, 0.05) is 6.42 Å². The number of phenolic OH excluding ortho intramolecular Hbond substituents is 1. The number of aromatic hydroxyl groups is 1. The van der Waals surface area contributed by atoms with Crippen LogP contribution in [0.4, 0.5) is 0 Å². The maximum atomic E-state index is 12.0. The number of aryl methyl sites for hydroxylation is 1. The van der Waals surface area contributed by atoms with E-state index in [1.54, 1.807) is 0 Å². The molecule has 0 bridgehead atoms. The van der Waals surface area contributed by atoms with E-state index in [4.69, 9.17) is 5.11 Å². The number of hydrogen-bond donors (Lipinski definition) is 3. The van der Waals surface area contributed by atoms with Gasteiger partial charge in [-0.2, -0.15) is 0 Å². The van der Waals surface area contributed by atoms with Gasteiger partial charge in [-0.15, -0.1) is 0 Å². The number of benzene rings is 1. The number of hydrogen-bond acceptors (Lipinski definition) is 5. The van der Waals surface area contributed by atoms with Crippen LogP contribution in [-0.2, 0) is 36.4 Å². The Kier molecular flexibility index (Phi) is 7.61. The van der Waals surface area contributed by atoms with Crippen molar-refractivity contribution in [1.29, 1.82) is 0 Å². The molecule has 156 valence electrons. The second-order valence-electron chi connectivity index (χ2n) is 8.83. The number of esters is 1. The van der Waals surface area contributed by atoms with Gasteiger partial charge in [0.05, 0.1) is 6.54 Å². The van der Waals surface area contributed by atoms with E-state index >= 15 is 0 Å². The lowest BCUT2D eigenvalue weighted by molar-refractivity contribution is -0.163. The maximum Gasteiger partial charge on any atom is 0.417 e. The molecule has 3 N–H and O–H groups in total. The summed E-state index contributed by atoms with van der Waals surface area (Å²) in [7, 11) is 0. The summed E-state index contributed by atoms with van der Waals surface area (Å²) >= 11 is 0. The number of amides is 1. The first-order valence-corrected chi connectivity index (χ1v) is 9.27. The molecule has 0 spiro atoms. The Balaban J connectivity index is 2.77. The van der Waals surface area contributed by atoms with Gasteiger partial charge in [-0.25, -0.2) is 9.59 Å². The fourth-order valence-corrected chi connectivity index (χ4v) is 2.72. The average Bonchev–Trinajstić information content (AvgIpc) is 2.55. The first-order chi connectivity index (χ1) is 12.7. The quantitative estimate of drug-likeness (QED) is 0.389. The van der Waals surface area contributed by atoms with Crippen LogP contribution >= 0.6 is 0 Å². The molecule has 1 aromatic carbocycles. The summed E-state index contributed by atoms with van der Waals surface area (Å²) in [5.41, 5.74) is 2.17. The van der Waals surface area contributed by atoms with Gasteiger partial charge in [-0.05, 0) is 33.9 Å². The van der Waals surface area contributed by atoms with Crippen LogP contribution in [-0.4, -0.2) is 41.2 Å². The summed E-state index contributed by atoms with van der Waals surface area (Å²) in [4.78, 5) is 33.1. The molecule has 0 atom stereocenters. The molecule has 0 aliphatic rings. The SMILES string of the molecule is CC(C)(C)c1cc(CCC(=O)NCCOC(=O)C(=O)O)cc(C(C)(C)C)c1O. The minimum Gasteiger partial charge on any atom is -0.507 e. The minimum atomic E-state index is -1.66. The second-order valence-corrected chi connectivity index (χ2v) is 8.83. The van der Waals surface area contributed by atoms with E-state index in [-0.39, 0.29) is 36.3 Å². The van der Waals surface area contributed by atoms with Gasteiger partial charge in [0.1, 0.15) is 12.4 Å². The molecule has 1 rings (SSSR count). The zero-order valence-corrected chi connectivity index (χ0v) is 17.5. The third kappa shape index (κ3) is 6.87. The number of phenols is 1. The van der Waals surface area contributed by atoms with Gasteiger partial charge in [0.25, 0.3) is 0 Å². The summed E-state index contributed by atoms with van der Waals surface area (Å²) in [5, 5.41) is 21.7. The summed E-state index contributed by atoms with van der Waals surface area (Å²) in [5.74, 6) is -2.94. The monoisotopic (exact) mass is 393 g/mol. The number of carbonyl (C=O) groups is 3. The zero-order valence-electron chi connectivity index (χ0n) is 17.5. The van der Waals surface area contributed by atoms with Crippen molar-refractivity contribution < 1.29 is 29.3 Å². The van der Waals surface area contributed by atoms with Gasteiger partial charge in [-0.1, -0.05) is 53.7 Å². The van der Waals surface area contributed by atoms with Crippen LogP contribution in [0, 0.1) is 0 Å². The Morgan fingerprint density at radius 3 is 1.93 bits per heavy atom. The first kappa shape index (κ1) is 23.5. The van der Waals surface area contributed by atoms with Crippen LogP contribution < -0.4 is 5.32 Å². The molecule has 1 aromatic rings. The molecular weight excluding hydrogens is 362 g/mol. The highest BCUT2D eigenvalue weighted by atomic mass is 16.6. The lowest BCUT2D eigenvalue weighted by Crippen LogP contribution is -2.29. The van der Waals surface area contributed by atoms with E-state index in [9.17, 15) is 19.5 Å². The summed E-state index contributed by atoms with van der Waals surface area (Å²) < 4.78 is 4.46. The molecule has 0 fully saturated rings. The third-order valence-corrected chi connectivity index (χ3v) is 4.26. The van der Waals surface area contributed by atoms with Crippen LogP contribution in [0.15, 0.2) is 12.1 Å². The molecular formula is C21H31NO6. The molecule has 0 unspecified atom stereocenters. The number of nitrogens with one attached hydrogen (secondary N) is 1. The Morgan fingerprint density at radius 1 is 1.00 bits per heavy atom. The Morgan fingerprint density at radius 2 is 1.50 bits per heavy atom. The largest absolute Gasteiger partial charge is 0.507 e. The second kappa shape index (κ2) is 9.08. The number of rotatable bonds is 6. The number of aliphatic carboxylic acids is 1. The van der Waals surface area contributed by atoms with E-state index in [0.717, 1.165) is 16.7 Å². The molecule has 0 radical (unpaired) electrons. The Hall–Kier alpha value is -2.57. The molecule has 0 aliphatic heterocycles.